The van der Waals surface area contributed by atoms with Gasteiger partial charge in [0.25, 0.3) is 0 Å². The minimum absolute atomic E-state index is 0.0377. The van der Waals surface area contributed by atoms with Crippen LogP contribution < -0.4 is 9.04 Å². The second kappa shape index (κ2) is 10.8. The normalized spacial score (nSPS) is 11.8. The zero-order chi connectivity index (χ0) is 23.3. The van der Waals surface area contributed by atoms with Gasteiger partial charge in [-0.15, -0.1) is 11.3 Å². The molecule has 0 aliphatic rings. The Morgan fingerprint density at radius 3 is 2.56 bits per heavy atom. The second-order valence-electron chi connectivity index (χ2n) is 7.23. The van der Waals surface area contributed by atoms with Crippen LogP contribution in [-0.4, -0.2) is 30.8 Å². The molecule has 0 fully saturated rings. The molecule has 0 radical (unpaired) electrons. The Kier molecular flexibility index (Phi) is 8.09. The molecule has 1 atom stereocenters. The van der Waals surface area contributed by atoms with E-state index in [1.807, 2.05) is 12.3 Å². The van der Waals surface area contributed by atoms with Gasteiger partial charge in [-0.2, -0.15) is 0 Å². The highest BCUT2D eigenvalue weighted by Gasteiger charge is 2.20. The zero-order valence-corrected chi connectivity index (χ0v) is 19.9. The fourth-order valence-corrected chi connectivity index (χ4v) is 4.85. The van der Waals surface area contributed by atoms with E-state index in [0.29, 0.717) is 22.6 Å². The van der Waals surface area contributed by atoms with Crippen molar-refractivity contribution in [3.63, 3.8) is 0 Å². The summed E-state index contributed by atoms with van der Waals surface area (Å²) in [7, 11) is 1.33. The lowest BCUT2D eigenvalue weighted by Gasteiger charge is -2.25. The predicted octanol–water partition coefficient (Wildman–Crippen LogP) is 6.14. The van der Waals surface area contributed by atoms with Crippen molar-refractivity contribution in [1.82, 2.24) is 4.98 Å². The number of ether oxygens (including phenoxy) is 2. The monoisotopic (exact) mass is 478 g/mol. The highest BCUT2D eigenvalue weighted by atomic mass is 32.2. The highest BCUT2D eigenvalue weighted by molar-refractivity contribution is 8.02. The van der Waals surface area contributed by atoms with E-state index < -0.39 is 18.0 Å². The lowest BCUT2D eigenvalue weighted by atomic mass is 10.1. The number of carbonyl (C=O) groups is 1. The van der Waals surface area contributed by atoms with Crippen molar-refractivity contribution in [2.45, 2.75) is 37.9 Å². The Hall–Kier alpha value is -2.65. The largest absolute Gasteiger partial charge is 0.487 e. The third kappa shape index (κ3) is 6.20. The summed E-state index contributed by atoms with van der Waals surface area (Å²) in [4.78, 5) is 16.0. The van der Waals surface area contributed by atoms with Gasteiger partial charge in [-0.05, 0) is 50.1 Å². The number of hydrogen-bond acceptors (Lipinski definition) is 7. The summed E-state index contributed by atoms with van der Waals surface area (Å²) in [6, 6.07) is 9.80. The molecular formula is C23H24F2N2O3S2. The fraction of sp³-hybridized carbons (Fsp3) is 0.304. The average molecular weight is 479 g/mol. The maximum absolute atomic E-state index is 14.5. The summed E-state index contributed by atoms with van der Waals surface area (Å²) in [5, 5.41) is 1.91. The van der Waals surface area contributed by atoms with Gasteiger partial charge in [-0.1, -0.05) is 12.1 Å². The van der Waals surface area contributed by atoms with Crippen LogP contribution >= 0.6 is 23.3 Å². The van der Waals surface area contributed by atoms with Crippen LogP contribution in [0, 0.1) is 19.7 Å². The van der Waals surface area contributed by atoms with Crippen LogP contribution in [0.15, 0.2) is 46.1 Å². The SMILES string of the molecule is COC(=O)c1ccc(COc2cc(C)c(F)cc2N(CC(C)F)Sc2nc(C)cs2)cc1. The number of halogens is 2. The maximum Gasteiger partial charge on any atom is 0.337 e. The molecule has 2 aromatic carbocycles. The number of rotatable bonds is 9. The standard InChI is InChI=1S/C23H24F2N2O3S2/c1-14-9-21(30-12-17-5-7-18(8-6-17)22(28)29-4)20(10-19(14)25)27(11-15(2)24)32-23-26-16(3)13-31-23/h5-10,13,15H,11-12H2,1-4H3. The first-order valence-electron chi connectivity index (χ1n) is 9.88. The van der Waals surface area contributed by atoms with Crippen molar-refractivity contribution < 1.29 is 23.0 Å². The van der Waals surface area contributed by atoms with Gasteiger partial charge in [0.2, 0.25) is 0 Å². The van der Waals surface area contributed by atoms with Crippen LogP contribution in [0.25, 0.3) is 0 Å². The summed E-state index contributed by atoms with van der Waals surface area (Å²) in [5.41, 5.74) is 2.98. The number of carbonyl (C=O) groups excluding carboxylic acids is 1. The first-order chi connectivity index (χ1) is 15.3. The maximum atomic E-state index is 14.5. The molecule has 1 heterocycles. The summed E-state index contributed by atoms with van der Waals surface area (Å²) >= 11 is 2.70. The van der Waals surface area contributed by atoms with Gasteiger partial charge in [0.1, 0.15) is 24.3 Å². The summed E-state index contributed by atoms with van der Waals surface area (Å²) < 4.78 is 41.6. The van der Waals surface area contributed by atoms with Gasteiger partial charge in [-0.25, -0.2) is 18.6 Å². The van der Waals surface area contributed by atoms with Crippen molar-refractivity contribution in [2.24, 2.45) is 0 Å². The number of methoxy groups -OCH3 is 1. The molecule has 9 heteroatoms. The number of nitrogens with zero attached hydrogens (tertiary/aromatic N) is 2. The van der Waals surface area contributed by atoms with E-state index in [-0.39, 0.29) is 13.2 Å². The van der Waals surface area contributed by atoms with Crippen molar-refractivity contribution in [1.29, 1.82) is 0 Å². The molecule has 3 rings (SSSR count). The van der Waals surface area contributed by atoms with Gasteiger partial charge in [0, 0.05) is 29.1 Å². The molecule has 0 amide bonds. The van der Waals surface area contributed by atoms with E-state index in [2.05, 4.69) is 4.98 Å². The molecule has 0 aliphatic carbocycles. The molecule has 1 unspecified atom stereocenters. The van der Waals surface area contributed by atoms with Gasteiger partial charge in [0.05, 0.1) is 24.9 Å². The highest BCUT2D eigenvalue weighted by Crippen LogP contribution is 2.39. The van der Waals surface area contributed by atoms with Crippen LogP contribution in [-0.2, 0) is 11.3 Å². The van der Waals surface area contributed by atoms with Crippen LogP contribution in [0.3, 0.4) is 0 Å². The van der Waals surface area contributed by atoms with Gasteiger partial charge in [0.15, 0.2) is 4.34 Å². The first kappa shape index (κ1) is 24.0. The van der Waals surface area contributed by atoms with Crippen LogP contribution in [0.2, 0.25) is 0 Å². The van der Waals surface area contributed by atoms with E-state index in [1.54, 1.807) is 41.6 Å². The van der Waals surface area contributed by atoms with E-state index in [4.69, 9.17) is 9.47 Å². The molecule has 32 heavy (non-hydrogen) atoms. The zero-order valence-electron chi connectivity index (χ0n) is 18.2. The van der Waals surface area contributed by atoms with Gasteiger partial charge >= 0.3 is 5.97 Å². The number of esters is 1. The number of hydrogen-bond donors (Lipinski definition) is 0. The molecule has 1 aromatic heterocycles. The molecule has 0 N–H and O–H groups in total. The lowest BCUT2D eigenvalue weighted by Crippen LogP contribution is -2.23. The Labute approximate surface area is 194 Å². The van der Waals surface area contributed by atoms with Crippen molar-refractivity contribution in [3.05, 3.63) is 70.0 Å². The molecule has 0 aliphatic heterocycles. The van der Waals surface area contributed by atoms with E-state index in [0.717, 1.165) is 15.6 Å². The number of benzene rings is 2. The molecule has 0 saturated carbocycles. The Bertz CT molecular complexity index is 1070. The molecule has 0 bridgehead atoms. The number of thiazole rings is 1. The molecule has 3 aromatic rings. The molecule has 0 saturated heterocycles. The molecule has 5 nitrogen and oxygen atoms in total. The summed E-state index contributed by atoms with van der Waals surface area (Å²) in [5.74, 6) is -0.385. The van der Waals surface area contributed by atoms with Crippen molar-refractivity contribution >= 4 is 34.9 Å². The van der Waals surface area contributed by atoms with Gasteiger partial charge < -0.3 is 13.8 Å². The van der Waals surface area contributed by atoms with Crippen molar-refractivity contribution in [2.75, 3.05) is 18.0 Å². The summed E-state index contributed by atoms with van der Waals surface area (Å²) in [6.07, 6.45) is -1.15. The van der Waals surface area contributed by atoms with E-state index in [1.165, 1.54) is 43.4 Å². The topological polar surface area (TPSA) is 51.7 Å². The third-order valence-electron chi connectivity index (χ3n) is 4.48. The quantitative estimate of drug-likeness (QED) is 0.272. The Morgan fingerprint density at radius 1 is 1.25 bits per heavy atom. The number of alkyl halides is 1. The number of aryl methyl sites for hydroxylation is 2. The molecular weight excluding hydrogens is 454 g/mol. The second-order valence-corrected chi connectivity index (χ2v) is 9.36. The smallest absolute Gasteiger partial charge is 0.337 e. The van der Waals surface area contributed by atoms with Crippen LogP contribution in [0.4, 0.5) is 14.5 Å². The Balaban J connectivity index is 1.86. The van der Waals surface area contributed by atoms with Gasteiger partial charge in [-0.3, -0.25) is 0 Å². The lowest BCUT2D eigenvalue weighted by molar-refractivity contribution is 0.0600. The first-order valence-corrected chi connectivity index (χ1v) is 11.5. The fourth-order valence-electron chi connectivity index (χ4n) is 2.85. The summed E-state index contributed by atoms with van der Waals surface area (Å²) in [6.45, 7) is 5.22. The van der Waals surface area contributed by atoms with E-state index >= 15 is 0 Å². The third-order valence-corrected chi connectivity index (χ3v) is 6.56. The van der Waals surface area contributed by atoms with Crippen LogP contribution in [0.5, 0.6) is 5.75 Å². The number of anilines is 1. The Morgan fingerprint density at radius 2 is 1.97 bits per heavy atom. The minimum atomic E-state index is -1.15. The van der Waals surface area contributed by atoms with E-state index in [9.17, 15) is 13.6 Å². The minimum Gasteiger partial charge on any atom is -0.487 e. The average Bonchev–Trinajstić information content (AvgIpc) is 3.17. The molecule has 0 spiro atoms. The van der Waals surface area contributed by atoms with Crippen LogP contribution in [0.1, 0.15) is 34.1 Å². The number of aromatic nitrogens is 1. The predicted molar refractivity (Wildman–Crippen MR) is 124 cm³/mol. The van der Waals surface area contributed by atoms with Crippen molar-refractivity contribution in [3.8, 4) is 5.75 Å². The molecule has 170 valence electrons.